The van der Waals surface area contributed by atoms with Gasteiger partial charge in [-0.15, -0.1) is 0 Å². The third kappa shape index (κ3) is 2.46. The molecule has 0 aliphatic heterocycles. The second-order valence-electron chi connectivity index (χ2n) is 4.77. The van der Waals surface area contributed by atoms with Crippen LogP contribution in [0.15, 0.2) is 17.2 Å². The van der Waals surface area contributed by atoms with Gasteiger partial charge in [0.1, 0.15) is 4.90 Å². The van der Waals surface area contributed by atoms with E-state index in [1.165, 1.54) is 4.31 Å². The van der Waals surface area contributed by atoms with Crippen LogP contribution in [0.3, 0.4) is 0 Å². The summed E-state index contributed by atoms with van der Waals surface area (Å²) in [6.07, 6.45) is 4.42. The van der Waals surface area contributed by atoms with Crippen molar-refractivity contribution < 1.29 is 13.5 Å². The molecule has 1 fully saturated rings. The molecular weight excluding hydrogens is 252 g/mol. The summed E-state index contributed by atoms with van der Waals surface area (Å²) in [7, 11) is -1.78. The summed E-state index contributed by atoms with van der Waals surface area (Å²) in [6.45, 7) is 2.60. The number of rotatable bonds is 6. The molecule has 0 atom stereocenters. The molecule has 1 aliphatic rings. The molecule has 0 amide bonds. The van der Waals surface area contributed by atoms with Crippen LogP contribution in [0.25, 0.3) is 0 Å². The van der Waals surface area contributed by atoms with E-state index in [-0.39, 0.29) is 17.5 Å². The topological polar surface area (TPSA) is 62.5 Å². The summed E-state index contributed by atoms with van der Waals surface area (Å²) in [6, 6.07) is 1.73. The molecule has 0 radical (unpaired) electrons. The van der Waals surface area contributed by atoms with E-state index in [2.05, 4.69) is 0 Å². The lowest BCUT2D eigenvalue weighted by atomic mass is 10.4. The Kier molecular flexibility index (Phi) is 3.79. The summed E-state index contributed by atoms with van der Waals surface area (Å²) >= 11 is 0. The molecular formula is C12H20N2O3S. The predicted molar refractivity (Wildman–Crippen MR) is 68.6 cm³/mol. The highest BCUT2D eigenvalue weighted by atomic mass is 32.2. The number of hydrogen-bond acceptors (Lipinski definition) is 3. The fourth-order valence-electron chi connectivity index (χ4n) is 2.05. The molecule has 102 valence electrons. The second kappa shape index (κ2) is 5.03. The minimum Gasteiger partial charge on any atom is -0.390 e. The summed E-state index contributed by atoms with van der Waals surface area (Å²) in [5, 5.41) is 9.25. The lowest BCUT2D eigenvalue weighted by Crippen LogP contribution is -2.28. The molecule has 1 aliphatic carbocycles. The van der Waals surface area contributed by atoms with Gasteiger partial charge in [0, 0.05) is 31.5 Å². The Balaban J connectivity index is 2.32. The number of aliphatic hydroxyl groups excluding tert-OH is 1. The normalized spacial score (nSPS) is 16.4. The van der Waals surface area contributed by atoms with Gasteiger partial charge in [0.15, 0.2) is 0 Å². The van der Waals surface area contributed by atoms with Crippen LogP contribution >= 0.6 is 0 Å². The van der Waals surface area contributed by atoms with E-state index in [1.54, 1.807) is 19.3 Å². The highest BCUT2D eigenvalue weighted by Crippen LogP contribution is 2.31. The fraction of sp³-hybridized carbons (Fsp3) is 0.667. The van der Waals surface area contributed by atoms with Crippen LogP contribution in [-0.4, -0.2) is 35.5 Å². The highest BCUT2D eigenvalue weighted by molar-refractivity contribution is 7.89. The van der Waals surface area contributed by atoms with Gasteiger partial charge in [0.25, 0.3) is 0 Å². The van der Waals surface area contributed by atoms with Gasteiger partial charge in [-0.2, -0.15) is 4.31 Å². The van der Waals surface area contributed by atoms with Crippen molar-refractivity contribution in [2.45, 2.75) is 50.3 Å². The molecule has 1 saturated carbocycles. The summed E-state index contributed by atoms with van der Waals surface area (Å²) in [4.78, 5) is 0.286. The molecule has 0 unspecified atom stereocenters. The second-order valence-corrected chi connectivity index (χ2v) is 6.77. The van der Waals surface area contributed by atoms with Gasteiger partial charge in [0.05, 0.1) is 6.61 Å². The minimum atomic E-state index is -3.40. The van der Waals surface area contributed by atoms with Crippen LogP contribution in [0.4, 0.5) is 0 Å². The van der Waals surface area contributed by atoms with Crippen molar-refractivity contribution >= 4 is 10.0 Å². The van der Waals surface area contributed by atoms with Crippen molar-refractivity contribution in [1.82, 2.24) is 8.87 Å². The first-order chi connectivity index (χ1) is 8.50. The van der Waals surface area contributed by atoms with Gasteiger partial charge in [-0.05, 0) is 25.3 Å². The number of aliphatic hydroxyl groups is 1. The lowest BCUT2D eigenvalue weighted by molar-refractivity contribution is 0.270. The van der Waals surface area contributed by atoms with E-state index in [4.69, 9.17) is 0 Å². The predicted octanol–water partition coefficient (Wildman–Crippen LogP) is 1.17. The van der Waals surface area contributed by atoms with Crippen LogP contribution in [0.1, 0.15) is 31.9 Å². The SMILES string of the molecule is CCCn1cc(S(=O)(=O)N(C)C2CC2)cc1CO. The number of hydrogen-bond donors (Lipinski definition) is 1. The molecule has 1 aromatic rings. The first-order valence-corrected chi connectivity index (χ1v) is 7.72. The average Bonchev–Trinajstić information content (AvgIpc) is 3.10. The van der Waals surface area contributed by atoms with Crippen LogP contribution in [0.2, 0.25) is 0 Å². The van der Waals surface area contributed by atoms with Gasteiger partial charge < -0.3 is 9.67 Å². The Bertz CT molecular complexity index is 517. The van der Waals surface area contributed by atoms with Crippen molar-refractivity contribution in [2.75, 3.05) is 7.05 Å². The number of nitrogens with zero attached hydrogens (tertiary/aromatic N) is 2. The van der Waals surface area contributed by atoms with Crippen LogP contribution in [-0.2, 0) is 23.2 Å². The van der Waals surface area contributed by atoms with Crippen molar-refractivity contribution in [2.24, 2.45) is 0 Å². The molecule has 1 aromatic heterocycles. The van der Waals surface area contributed by atoms with E-state index >= 15 is 0 Å². The third-order valence-corrected chi connectivity index (χ3v) is 5.20. The largest absolute Gasteiger partial charge is 0.390 e. The number of aryl methyl sites for hydroxylation is 1. The van der Waals surface area contributed by atoms with Gasteiger partial charge in [-0.25, -0.2) is 8.42 Å². The third-order valence-electron chi connectivity index (χ3n) is 3.33. The van der Waals surface area contributed by atoms with E-state index < -0.39 is 10.0 Å². The zero-order valence-electron chi connectivity index (χ0n) is 10.8. The van der Waals surface area contributed by atoms with Gasteiger partial charge in [-0.3, -0.25) is 0 Å². The number of aromatic nitrogens is 1. The maximum absolute atomic E-state index is 12.3. The van der Waals surface area contributed by atoms with E-state index in [9.17, 15) is 13.5 Å². The Morgan fingerprint density at radius 1 is 1.50 bits per heavy atom. The Morgan fingerprint density at radius 2 is 2.17 bits per heavy atom. The Hall–Kier alpha value is -0.850. The zero-order valence-corrected chi connectivity index (χ0v) is 11.7. The van der Waals surface area contributed by atoms with Crippen LogP contribution in [0, 0.1) is 0 Å². The molecule has 1 heterocycles. The Morgan fingerprint density at radius 3 is 2.67 bits per heavy atom. The molecule has 0 bridgehead atoms. The molecule has 0 aromatic carbocycles. The lowest BCUT2D eigenvalue weighted by Gasteiger charge is -2.14. The maximum Gasteiger partial charge on any atom is 0.244 e. The zero-order chi connectivity index (χ0) is 13.3. The van der Waals surface area contributed by atoms with Crippen LogP contribution in [0.5, 0.6) is 0 Å². The van der Waals surface area contributed by atoms with Crippen molar-refractivity contribution in [3.05, 3.63) is 18.0 Å². The first-order valence-electron chi connectivity index (χ1n) is 6.28. The molecule has 5 nitrogen and oxygen atoms in total. The van der Waals surface area contributed by atoms with Gasteiger partial charge in [0.2, 0.25) is 10.0 Å². The fourth-order valence-corrected chi connectivity index (χ4v) is 3.53. The van der Waals surface area contributed by atoms with E-state index in [0.717, 1.165) is 25.8 Å². The van der Waals surface area contributed by atoms with Crippen molar-refractivity contribution in [3.63, 3.8) is 0 Å². The van der Waals surface area contributed by atoms with Crippen molar-refractivity contribution in [1.29, 1.82) is 0 Å². The maximum atomic E-state index is 12.3. The molecule has 2 rings (SSSR count). The number of sulfonamides is 1. The van der Waals surface area contributed by atoms with Gasteiger partial charge >= 0.3 is 0 Å². The first kappa shape index (κ1) is 13.6. The molecule has 1 N–H and O–H groups in total. The minimum absolute atomic E-state index is 0.136. The monoisotopic (exact) mass is 272 g/mol. The smallest absolute Gasteiger partial charge is 0.244 e. The summed E-state index contributed by atoms with van der Waals surface area (Å²) in [5.74, 6) is 0. The highest BCUT2D eigenvalue weighted by Gasteiger charge is 2.35. The standard InChI is InChI=1S/C12H20N2O3S/c1-3-6-14-8-12(7-11(14)9-15)18(16,17)13(2)10-4-5-10/h7-8,10,15H,3-6,9H2,1-2H3. The summed E-state index contributed by atoms with van der Waals surface area (Å²) in [5.41, 5.74) is 0.652. The average molecular weight is 272 g/mol. The van der Waals surface area contributed by atoms with E-state index in [0.29, 0.717) is 5.69 Å². The molecule has 6 heteroatoms. The summed E-state index contributed by atoms with van der Waals surface area (Å²) < 4.78 is 27.9. The molecule has 0 saturated heterocycles. The molecule has 18 heavy (non-hydrogen) atoms. The van der Waals surface area contributed by atoms with Gasteiger partial charge in [-0.1, -0.05) is 6.92 Å². The van der Waals surface area contributed by atoms with Crippen molar-refractivity contribution in [3.8, 4) is 0 Å². The van der Waals surface area contributed by atoms with Crippen LogP contribution < -0.4 is 0 Å². The van der Waals surface area contributed by atoms with E-state index in [1.807, 2.05) is 11.5 Å². The quantitative estimate of drug-likeness (QED) is 0.845. The Labute approximate surface area is 108 Å². The molecule has 0 spiro atoms.